The Morgan fingerprint density at radius 2 is 2.50 bits per heavy atom. The Morgan fingerprint density at radius 1 is 1.75 bits per heavy atom. The fraction of sp³-hybridized carbons (Fsp3) is 0.375. The maximum atomic E-state index is 11.2. The third-order valence-electron chi connectivity index (χ3n) is 1.42. The highest BCUT2D eigenvalue weighted by atomic mass is 79.9. The number of hydrogen-bond donors (Lipinski definition) is 1. The van der Waals surface area contributed by atoms with Gasteiger partial charge in [0, 0.05) is 15.8 Å². The van der Waals surface area contributed by atoms with E-state index in [1.807, 2.05) is 11.4 Å². The minimum absolute atomic E-state index is 0.223. The fourth-order valence-electron chi connectivity index (χ4n) is 0.890. The number of ketones is 1. The van der Waals surface area contributed by atoms with Crippen molar-refractivity contribution in [1.29, 1.82) is 0 Å². The predicted octanol–water partition coefficient (Wildman–Crippen LogP) is 1.84. The van der Waals surface area contributed by atoms with Gasteiger partial charge in [-0.1, -0.05) is 0 Å². The Kier molecular flexibility index (Phi) is 3.91. The third kappa shape index (κ3) is 2.69. The number of carbonyl (C=O) groups is 1. The highest BCUT2D eigenvalue weighted by Crippen LogP contribution is 2.22. The molecular formula is C8H10BrNOS. The molecule has 1 aromatic rings. The van der Waals surface area contributed by atoms with E-state index in [2.05, 4.69) is 21.2 Å². The summed E-state index contributed by atoms with van der Waals surface area (Å²) in [5, 5.41) is 4.82. The number of thiophene rings is 1. The molecule has 0 saturated heterocycles. The van der Waals surface area contributed by atoms with Crippen LogP contribution >= 0.6 is 27.3 Å². The van der Waals surface area contributed by atoms with Crippen LogP contribution in [0.25, 0.3) is 0 Å². The first kappa shape index (κ1) is 9.89. The van der Waals surface area contributed by atoms with Crippen molar-refractivity contribution in [2.24, 2.45) is 0 Å². The largest absolute Gasteiger partial charge is 0.313 e. The van der Waals surface area contributed by atoms with Gasteiger partial charge in [0.1, 0.15) is 0 Å². The first-order valence-corrected chi connectivity index (χ1v) is 5.29. The van der Waals surface area contributed by atoms with Crippen LogP contribution in [0, 0.1) is 0 Å². The molecule has 0 aliphatic heterocycles. The van der Waals surface area contributed by atoms with Crippen LogP contribution < -0.4 is 5.32 Å². The van der Waals surface area contributed by atoms with Crippen LogP contribution in [0.4, 0.5) is 0 Å². The van der Waals surface area contributed by atoms with Gasteiger partial charge in [0.05, 0.1) is 6.54 Å². The van der Waals surface area contributed by atoms with Crippen molar-refractivity contribution in [2.75, 3.05) is 13.6 Å². The summed E-state index contributed by atoms with van der Waals surface area (Å²) in [5.74, 6) is 0.223. The summed E-state index contributed by atoms with van der Waals surface area (Å²) in [5.41, 5.74) is 0. The Balaban J connectivity index is 2.52. The average molecular weight is 248 g/mol. The van der Waals surface area contributed by atoms with Gasteiger partial charge < -0.3 is 5.32 Å². The van der Waals surface area contributed by atoms with Crippen molar-refractivity contribution >= 4 is 33.0 Å². The molecule has 0 aliphatic carbocycles. The molecule has 66 valence electrons. The van der Waals surface area contributed by atoms with E-state index in [0.717, 1.165) is 9.35 Å². The van der Waals surface area contributed by atoms with E-state index >= 15 is 0 Å². The van der Waals surface area contributed by atoms with E-state index in [-0.39, 0.29) is 5.78 Å². The second-order valence-corrected chi connectivity index (χ2v) is 4.29. The number of hydrogen-bond acceptors (Lipinski definition) is 3. The minimum Gasteiger partial charge on any atom is -0.313 e. The molecule has 2 nitrogen and oxygen atoms in total. The molecule has 1 heterocycles. The second-order valence-electron chi connectivity index (χ2n) is 2.44. The molecule has 0 aromatic carbocycles. The third-order valence-corrected chi connectivity index (χ3v) is 3.35. The predicted molar refractivity (Wildman–Crippen MR) is 54.7 cm³/mol. The molecule has 12 heavy (non-hydrogen) atoms. The van der Waals surface area contributed by atoms with Crippen LogP contribution in [0.1, 0.15) is 4.88 Å². The number of Topliss-reactive ketones (excluding diaryl/α,β-unsaturated/α-hetero) is 1. The Morgan fingerprint density at radius 3 is 3.00 bits per heavy atom. The summed E-state index contributed by atoms with van der Waals surface area (Å²) in [6.45, 7) is 0.449. The number of halogens is 1. The van der Waals surface area contributed by atoms with E-state index in [9.17, 15) is 4.79 Å². The molecule has 1 rings (SSSR count). The van der Waals surface area contributed by atoms with E-state index < -0.39 is 0 Å². The number of likely N-dealkylation sites (N-methyl/N-ethyl adjacent to an activating group) is 1. The average Bonchev–Trinajstić information content (AvgIpc) is 2.37. The molecule has 0 unspecified atom stereocenters. The van der Waals surface area contributed by atoms with Gasteiger partial charge in [0.25, 0.3) is 0 Å². The molecular weight excluding hydrogens is 238 g/mol. The van der Waals surface area contributed by atoms with E-state index in [1.165, 1.54) is 0 Å². The van der Waals surface area contributed by atoms with Crippen molar-refractivity contribution in [1.82, 2.24) is 5.32 Å². The lowest BCUT2D eigenvalue weighted by Gasteiger charge is -1.97. The summed E-state index contributed by atoms with van der Waals surface area (Å²) < 4.78 is 1.04. The Hall–Kier alpha value is -0.190. The van der Waals surface area contributed by atoms with Crippen molar-refractivity contribution in [3.05, 3.63) is 20.8 Å². The number of rotatable bonds is 4. The molecule has 0 amide bonds. The van der Waals surface area contributed by atoms with Crippen molar-refractivity contribution in [2.45, 2.75) is 6.42 Å². The zero-order valence-electron chi connectivity index (χ0n) is 6.76. The molecule has 0 atom stereocenters. The van der Waals surface area contributed by atoms with E-state index in [1.54, 1.807) is 18.4 Å². The molecule has 0 fully saturated rings. The van der Waals surface area contributed by atoms with Gasteiger partial charge in [0.15, 0.2) is 5.78 Å². The fourth-order valence-corrected chi connectivity index (χ4v) is 2.41. The first-order valence-electron chi connectivity index (χ1n) is 3.62. The van der Waals surface area contributed by atoms with Gasteiger partial charge in [-0.25, -0.2) is 0 Å². The maximum absolute atomic E-state index is 11.2. The van der Waals surface area contributed by atoms with Crippen LogP contribution in [0.2, 0.25) is 0 Å². The monoisotopic (exact) mass is 247 g/mol. The number of nitrogens with one attached hydrogen (secondary N) is 1. The van der Waals surface area contributed by atoms with Crippen LogP contribution in [-0.4, -0.2) is 19.4 Å². The topological polar surface area (TPSA) is 29.1 Å². The quantitative estimate of drug-likeness (QED) is 0.880. The molecule has 1 aromatic heterocycles. The smallest absolute Gasteiger partial charge is 0.151 e. The van der Waals surface area contributed by atoms with Crippen molar-refractivity contribution in [3.63, 3.8) is 0 Å². The van der Waals surface area contributed by atoms with E-state index in [4.69, 9.17) is 0 Å². The molecule has 0 aliphatic rings. The zero-order valence-corrected chi connectivity index (χ0v) is 9.17. The van der Waals surface area contributed by atoms with Crippen molar-refractivity contribution in [3.8, 4) is 0 Å². The van der Waals surface area contributed by atoms with Gasteiger partial charge in [-0.2, -0.15) is 0 Å². The minimum atomic E-state index is 0.223. The summed E-state index contributed by atoms with van der Waals surface area (Å²) in [6, 6.07) is 1.96. The van der Waals surface area contributed by atoms with Crippen molar-refractivity contribution < 1.29 is 4.79 Å². The van der Waals surface area contributed by atoms with Gasteiger partial charge in [-0.3, -0.25) is 4.79 Å². The number of carbonyl (C=O) groups excluding carboxylic acids is 1. The van der Waals surface area contributed by atoms with Gasteiger partial charge >= 0.3 is 0 Å². The zero-order chi connectivity index (χ0) is 8.97. The molecule has 4 heteroatoms. The lowest BCUT2D eigenvalue weighted by Crippen LogP contribution is -2.19. The lowest BCUT2D eigenvalue weighted by atomic mass is 10.2. The normalized spacial score (nSPS) is 10.2. The highest BCUT2D eigenvalue weighted by Gasteiger charge is 2.06. The summed E-state index contributed by atoms with van der Waals surface area (Å²) in [4.78, 5) is 12.3. The molecule has 1 N–H and O–H groups in total. The van der Waals surface area contributed by atoms with E-state index in [0.29, 0.717) is 13.0 Å². The SMILES string of the molecule is CNCC(=O)Cc1sccc1Br. The van der Waals surface area contributed by atoms with Gasteiger partial charge in [0.2, 0.25) is 0 Å². The molecule has 0 spiro atoms. The van der Waals surface area contributed by atoms with Gasteiger partial charge in [-0.15, -0.1) is 11.3 Å². The van der Waals surface area contributed by atoms with Crippen LogP contribution in [0.15, 0.2) is 15.9 Å². The molecule has 0 radical (unpaired) electrons. The summed E-state index contributed by atoms with van der Waals surface area (Å²) in [7, 11) is 1.78. The second kappa shape index (κ2) is 4.74. The first-order chi connectivity index (χ1) is 5.74. The summed E-state index contributed by atoms with van der Waals surface area (Å²) >= 11 is 4.99. The molecule has 0 bridgehead atoms. The Labute approximate surface area is 84.1 Å². The maximum Gasteiger partial charge on any atom is 0.151 e. The lowest BCUT2D eigenvalue weighted by molar-refractivity contribution is -0.117. The van der Waals surface area contributed by atoms with Gasteiger partial charge in [-0.05, 0) is 34.4 Å². The van der Waals surface area contributed by atoms with Crippen LogP contribution in [-0.2, 0) is 11.2 Å². The molecule has 0 saturated carbocycles. The van der Waals surface area contributed by atoms with Crippen LogP contribution in [0.3, 0.4) is 0 Å². The highest BCUT2D eigenvalue weighted by molar-refractivity contribution is 9.10. The Bertz CT molecular complexity index is 272. The standard InChI is InChI=1S/C8H10BrNOS/c1-10-5-6(11)4-8-7(9)2-3-12-8/h2-3,10H,4-5H2,1H3. The summed E-state index contributed by atoms with van der Waals surface area (Å²) in [6.07, 6.45) is 0.527. The van der Waals surface area contributed by atoms with Crippen LogP contribution in [0.5, 0.6) is 0 Å².